The third-order valence-electron chi connectivity index (χ3n) is 3.16. The maximum Gasteiger partial charge on any atom is 0.158 e. The number of anilines is 1. The minimum Gasteiger partial charge on any atom is -0.496 e. The van der Waals surface area contributed by atoms with E-state index >= 15 is 0 Å². The van der Waals surface area contributed by atoms with Crippen molar-refractivity contribution in [2.45, 2.75) is 18.4 Å². The third kappa shape index (κ3) is 4.23. The van der Waals surface area contributed by atoms with E-state index < -0.39 is 9.84 Å². The molecular formula is C16H19NO3S. The Bertz CT molecular complexity index is 739. The van der Waals surface area contributed by atoms with Gasteiger partial charge in [-0.15, -0.1) is 0 Å². The number of rotatable bonds is 5. The molecule has 0 atom stereocenters. The average Bonchev–Trinajstić information content (AvgIpc) is 2.40. The maximum atomic E-state index is 12.3. The van der Waals surface area contributed by atoms with Gasteiger partial charge in [0.1, 0.15) is 5.75 Å². The zero-order chi connectivity index (χ0) is 15.5. The lowest BCUT2D eigenvalue weighted by Crippen LogP contribution is -2.09. The molecule has 2 aromatic carbocycles. The van der Waals surface area contributed by atoms with Crippen LogP contribution in [0, 0.1) is 6.92 Å². The summed E-state index contributed by atoms with van der Waals surface area (Å²) >= 11 is 0. The molecule has 2 N–H and O–H groups in total. The van der Waals surface area contributed by atoms with E-state index in [-0.39, 0.29) is 11.5 Å². The molecular weight excluding hydrogens is 286 g/mol. The highest BCUT2D eigenvalue weighted by molar-refractivity contribution is 7.89. The van der Waals surface area contributed by atoms with Gasteiger partial charge in [-0.25, -0.2) is 8.42 Å². The lowest BCUT2D eigenvalue weighted by atomic mass is 10.2. The fraction of sp³-hybridized carbons (Fsp3) is 0.250. The van der Waals surface area contributed by atoms with E-state index in [2.05, 4.69) is 0 Å². The third-order valence-corrected chi connectivity index (χ3v) is 4.68. The molecule has 0 amide bonds. The van der Waals surface area contributed by atoms with Crippen molar-refractivity contribution < 1.29 is 13.2 Å². The van der Waals surface area contributed by atoms with Crippen molar-refractivity contribution >= 4 is 15.5 Å². The minimum atomic E-state index is -3.27. The van der Waals surface area contributed by atoms with Crippen molar-refractivity contribution in [3.8, 4) is 5.75 Å². The van der Waals surface area contributed by atoms with Crippen LogP contribution in [0.15, 0.2) is 42.5 Å². The molecule has 2 aromatic rings. The Morgan fingerprint density at radius 1 is 1.10 bits per heavy atom. The predicted molar refractivity (Wildman–Crippen MR) is 84.9 cm³/mol. The monoisotopic (exact) mass is 305 g/mol. The quantitative estimate of drug-likeness (QED) is 0.862. The van der Waals surface area contributed by atoms with Crippen LogP contribution in [0.1, 0.15) is 16.7 Å². The molecule has 0 aromatic heterocycles. The summed E-state index contributed by atoms with van der Waals surface area (Å²) in [7, 11) is -1.77. The Labute approximate surface area is 125 Å². The number of nitrogens with two attached hydrogens (primary N) is 1. The standard InChI is InChI=1S/C16H19NO3S/c1-12-4-3-5-13(8-12)10-21(18,19)11-14-6-7-15(17)9-16(14)20-2/h3-9H,10-11,17H2,1-2H3. The SMILES string of the molecule is COc1cc(N)ccc1CS(=O)(=O)Cc1cccc(C)c1. The molecule has 21 heavy (non-hydrogen) atoms. The van der Waals surface area contributed by atoms with Crippen LogP contribution in [0.5, 0.6) is 5.75 Å². The van der Waals surface area contributed by atoms with Crippen molar-refractivity contribution in [2.75, 3.05) is 12.8 Å². The molecule has 4 nitrogen and oxygen atoms in total. The second kappa shape index (κ2) is 6.18. The molecule has 112 valence electrons. The van der Waals surface area contributed by atoms with Gasteiger partial charge < -0.3 is 10.5 Å². The van der Waals surface area contributed by atoms with Gasteiger partial charge in [0.2, 0.25) is 0 Å². The first-order chi connectivity index (χ1) is 9.89. The Morgan fingerprint density at radius 2 is 1.86 bits per heavy atom. The molecule has 0 bridgehead atoms. The Hall–Kier alpha value is -2.01. The summed E-state index contributed by atoms with van der Waals surface area (Å²) < 4.78 is 29.9. The van der Waals surface area contributed by atoms with Crippen LogP contribution in [0.3, 0.4) is 0 Å². The summed E-state index contributed by atoms with van der Waals surface area (Å²) in [5.74, 6) is 0.454. The molecule has 0 aliphatic rings. The number of nitrogen functional groups attached to an aromatic ring is 1. The van der Waals surface area contributed by atoms with Crippen molar-refractivity contribution in [3.05, 3.63) is 59.2 Å². The first kappa shape index (κ1) is 15.4. The number of sulfone groups is 1. The lowest BCUT2D eigenvalue weighted by molar-refractivity contribution is 0.411. The van der Waals surface area contributed by atoms with Crippen molar-refractivity contribution in [3.63, 3.8) is 0 Å². The van der Waals surface area contributed by atoms with Crippen LogP contribution in [0.2, 0.25) is 0 Å². The van der Waals surface area contributed by atoms with Gasteiger partial charge in [0.15, 0.2) is 9.84 Å². The topological polar surface area (TPSA) is 69.4 Å². The van der Waals surface area contributed by atoms with E-state index in [0.717, 1.165) is 11.1 Å². The van der Waals surface area contributed by atoms with Gasteiger partial charge in [-0.05, 0) is 18.6 Å². The number of ether oxygens (including phenoxy) is 1. The Balaban J connectivity index is 2.22. The molecule has 0 aliphatic carbocycles. The summed E-state index contributed by atoms with van der Waals surface area (Å²) in [6.45, 7) is 1.94. The van der Waals surface area contributed by atoms with E-state index in [1.807, 2.05) is 31.2 Å². The van der Waals surface area contributed by atoms with E-state index in [1.54, 1.807) is 18.2 Å². The molecule has 0 fully saturated rings. The van der Waals surface area contributed by atoms with Gasteiger partial charge in [0, 0.05) is 17.3 Å². The van der Waals surface area contributed by atoms with Gasteiger partial charge in [0.05, 0.1) is 18.6 Å². The van der Waals surface area contributed by atoms with Crippen LogP contribution in [-0.2, 0) is 21.3 Å². The highest BCUT2D eigenvalue weighted by Gasteiger charge is 2.16. The highest BCUT2D eigenvalue weighted by Crippen LogP contribution is 2.24. The average molecular weight is 305 g/mol. The van der Waals surface area contributed by atoms with Crippen LogP contribution in [0.4, 0.5) is 5.69 Å². The first-order valence-electron chi connectivity index (χ1n) is 6.58. The summed E-state index contributed by atoms with van der Waals surface area (Å²) in [6.07, 6.45) is 0. The molecule has 0 saturated heterocycles. The number of hydrogen-bond donors (Lipinski definition) is 1. The van der Waals surface area contributed by atoms with E-state index in [4.69, 9.17) is 10.5 Å². The van der Waals surface area contributed by atoms with Crippen molar-refractivity contribution in [1.29, 1.82) is 0 Å². The van der Waals surface area contributed by atoms with Gasteiger partial charge in [-0.1, -0.05) is 35.9 Å². The van der Waals surface area contributed by atoms with Crippen LogP contribution in [-0.4, -0.2) is 15.5 Å². The molecule has 0 aliphatic heterocycles. The fourth-order valence-corrected chi connectivity index (χ4v) is 3.73. The summed E-state index contributed by atoms with van der Waals surface area (Å²) in [4.78, 5) is 0. The largest absolute Gasteiger partial charge is 0.496 e. The second-order valence-corrected chi connectivity index (χ2v) is 7.16. The van der Waals surface area contributed by atoms with Crippen molar-refractivity contribution in [1.82, 2.24) is 0 Å². The molecule has 0 spiro atoms. The van der Waals surface area contributed by atoms with E-state index in [9.17, 15) is 8.42 Å². The predicted octanol–water partition coefficient (Wildman–Crippen LogP) is 2.70. The Morgan fingerprint density at radius 3 is 2.52 bits per heavy atom. The molecule has 2 rings (SSSR count). The van der Waals surface area contributed by atoms with Gasteiger partial charge >= 0.3 is 0 Å². The van der Waals surface area contributed by atoms with E-state index in [1.165, 1.54) is 7.11 Å². The highest BCUT2D eigenvalue weighted by atomic mass is 32.2. The van der Waals surface area contributed by atoms with Gasteiger partial charge in [-0.2, -0.15) is 0 Å². The molecule has 0 saturated carbocycles. The number of hydrogen-bond acceptors (Lipinski definition) is 4. The smallest absolute Gasteiger partial charge is 0.158 e. The van der Waals surface area contributed by atoms with Gasteiger partial charge in [0.25, 0.3) is 0 Å². The molecule has 0 radical (unpaired) electrons. The first-order valence-corrected chi connectivity index (χ1v) is 8.40. The molecule has 0 heterocycles. The summed E-state index contributed by atoms with van der Waals surface area (Å²) in [5, 5.41) is 0. The fourth-order valence-electron chi connectivity index (χ4n) is 2.22. The molecule has 0 unspecified atom stereocenters. The minimum absolute atomic E-state index is 0.0161. The van der Waals surface area contributed by atoms with Crippen LogP contribution in [0.25, 0.3) is 0 Å². The van der Waals surface area contributed by atoms with E-state index in [0.29, 0.717) is 17.0 Å². The van der Waals surface area contributed by atoms with Crippen LogP contribution >= 0.6 is 0 Å². The zero-order valence-electron chi connectivity index (χ0n) is 12.2. The lowest BCUT2D eigenvalue weighted by Gasteiger charge is -2.10. The summed E-state index contributed by atoms with van der Waals surface area (Å²) in [5.41, 5.74) is 8.69. The maximum absolute atomic E-state index is 12.3. The number of aryl methyl sites for hydroxylation is 1. The van der Waals surface area contributed by atoms with Crippen LogP contribution < -0.4 is 10.5 Å². The Kier molecular flexibility index (Phi) is 4.53. The number of methoxy groups -OCH3 is 1. The van der Waals surface area contributed by atoms with Gasteiger partial charge in [-0.3, -0.25) is 0 Å². The number of benzene rings is 2. The second-order valence-electron chi connectivity index (χ2n) is 5.09. The van der Waals surface area contributed by atoms with Crippen molar-refractivity contribution in [2.24, 2.45) is 0 Å². The summed E-state index contributed by atoms with van der Waals surface area (Å²) in [6, 6.07) is 12.5. The zero-order valence-corrected chi connectivity index (χ0v) is 13.0. The normalized spacial score (nSPS) is 11.3. The molecule has 5 heteroatoms.